The van der Waals surface area contributed by atoms with Crippen molar-refractivity contribution in [3.8, 4) is 0 Å². The summed E-state index contributed by atoms with van der Waals surface area (Å²) in [5.41, 5.74) is 0. The Hall–Kier alpha value is 1.22. The van der Waals surface area contributed by atoms with E-state index in [-0.39, 0.29) is 106 Å². The standard InChI is InChI=1S/B4H2O7.K.10H2O.H/c5-1-7-3-9-2(6)10-4(8-1)11-3;;;;;;;;;;;;/h5-6H;;10*1H2;. The average Bonchev–Trinajstić information content (AvgIpc) is 1.82. The molecule has 2 fully saturated rings. The number of hydrogen-bond acceptors (Lipinski definition) is 7. The Kier molecular flexibility index (Phi) is 89.9. The minimum absolute atomic E-state index is 0. The SMILES string of the molecule is O.O.O.O.O.O.O.O.O.O.OB1OB2OB(O)OB(O1)O2.[KH]. The van der Waals surface area contributed by atoms with E-state index in [2.05, 4.69) is 22.9 Å². The Labute approximate surface area is 167 Å². The first-order valence-corrected chi connectivity index (χ1v) is 2.87. The summed E-state index contributed by atoms with van der Waals surface area (Å²) in [6.07, 6.45) is 0. The Balaban J connectivity index is -0.0000000164. The topological polar surface area (TPSA) is 402 Å². The van der Waals surface area contributed by atoms with Gasteiger partial charge in [-0.3, -0.25) is 0 Å². The summed E-state index contributed by atoms with van der Waals surface area (Å²) < 4.78 is 22.6. The van der Waals surface area contributed by atoms with Crippen molar-refractivity contribution < 1.29 is 87.7 Å². The third kappa shape index (κ3) is 19.3. The number of rotatable bonds is 0. The summed E-state index contributed by atoms with van der Waals surface area (Å²) in [6, 6.07) is 0. The molecular formula is H23B4KO17. The van der Waals surface area contributed by atoms with E-state index in [1.165, 1.54) is 0 Å². The van der Waals surface area contributed by atoms with Crippen LogP contribution in [-0.4, -0.2) is 145 Å². The van der Waals surface area contributed by atoms with Gasteiger partial charge in [0.15, 0.2) is 0 Å². The van der Waals surface area contributed by atoms with Crippen LogP contribution in [0.2, 0.25) is 0 Å². The van der Waals surface area contributed by atoms with Gasteiger partial charge in [-0.1, -0.05) is 0 Å². The summed E-state index contributed by atoms with van der Waals surface area (Å²) in [4.78, 5) is 0. The molecule has 2 saturated heterocycles. The predicted molar refractivity (Wildman–Crippen MR) is 76.2 cm³/mol. The van der Waals surface area contributed by atoms with Crippen LogP contribution >= 0.6 is 0 Å². The summed E-state index contributed by atoms with van der Waals surface area (Å²) in [5.74, 6) is 0. The van der Waals surface area contributed by atoms with Gasteiger partial charge in [0, 0.05) is 0 Å². The van der Waals surface area contributed by atoms with Crippen LogP contribution in [0.1, 0.15) is 0 Å². The molecule has 0 amide bonds. The molecule has 22 N–H and O–H groups in total. The van der Waals surface area contributed by atoms with Crippen molar-refractivity contribution in [1.29, 1.82) is 0 Å². The molecule has 2 heterocycles. The van der Waals surface area contributed by atoms with Gasteiger partial charge in [-0.15, -0.1) is 0 Å². The second-order valence-corrected chi connectivity index (χ2v) is 1.87. The fourth-order valence-corrected chi connectivity index (χ4v) is 0.728. The molecule has 138 valence electrons. The minimum atomic E-state index is -1.45. The van der Waals surface area contributed by atoms with E-state index in [9.17, 15) is 0 Å². The molecule has 17 nitrogen and oxygen atoms in total. The molecule has 2 aliphatic rings. The summed E-state index contributed by atoms with van der Waals surface area (Å²) in [6.45, 7) is 0. The maximum absolute atomic E-state index is 8.74. The van der Waals surface area contributed by atoms with Crippen molar-refractivity contribution in [2.24, 2.45) is 0 Å². The van der Waals surface area contributed by atoms with Crippen molar-refractivity contribution in [3.05, 3.63) is 0 Å². The molecule has 0 aliphatic carbocycles. The normalized spacial score (nSPS) is 12.3. The second kappa shape index (κ2) is 30.1. The van der Waals surface area contributed by atoms with Gasteiger partial charge < -0.3 is 87.7 Å². The van der Waals surface area contributed by atoms with Crippen LogP contribution in [0.15, 0.2) is 0 Å². The van der Waals surface area contributed by atoms with Gasteiger partial charge in [-0.2, -0.15) is 0 Å². The van der Waals surface area contributed by atoms with Crippen LogP contribution in [0.5, 0.6) is 0 Å². The quantitative estimate of drug-likeness (QED) is 0.383. The van der Waals surface area contributed by atoms with Crippen molar-refractivity contribution in [1.82, 2.24) is 0 Å². The van der Waals surface area contributed by atoms with Crippen LogP contribution < -0.4 is 0 Å². The van der Waals surface area contributed by atoms with Gasteiger partial charge in [0.05, 0.1) is 0 Å². The molecule has 22 heteroatoms. The third-order valence-electron chi connectivity index (χ3n) is 1.13. The summed E-state index contributed by atoms with van der Waals surface area (Å²) >= 11 is 0. The number of hydrogen-bond donors (Lipinski definition) is 2. The molecule has 0 aromatic heterocycles. The molecule has 2 aliphatic heterocycles. The molecule has 0 radical (unpaired) electrons. The van der Waals surface area contributed by atoms with Crippen LogP contribution in [0.4, 0.5) is 0 Å². The van der Waals surface area contributed by atoms with Gasteiger partial charge in [-0.25, -0.2) is 0 Å². The second-order valence-electron chi connectivity index (χ2n) is 1.87. The van der Waals surface area contributed by atoms with E-state index in [0.717, 1.165) is 0 Å². The fraction of sp³-hybridized carbons (Fsp3) is 0. The zero-order chi connectivity index (χ0) is 7.84. The molecule has 2 bridgehead atoms. The van der Waals surface area contributed by atoms with E-state index in [4.69, 9.17) is 10.0 Å². The third-order valence-corrected chi connectivity index (χ3v) is 1.13. The molecule has 2 rings (SSSR count). The first-order chi connectivity index (χ1) is 5.24. The molecule has 0 unspecified atom stereocenters. The van der Waals surface area contributed by atoms with Gasteiger partial charge in [0.25, 0.3) is 0 Å². The molecule has 22 heavy (non-hydrogen) atoms. The Morgan fingerprint density at radius 3 is 0.773 bits per heavy atom. The molecule has 0 aromatic rings. The van der Waals surface area contributed by atoms with Crippen LogP contribution in [0.3, 0.4) is 0 Å². The Bertz CT molecular complexity index is 126. The molecule has 0 aromatic carbocycles. The van der Waals surface area contributed by atoms with Crippen molar-refractivity contribution in [2.45, 2.75) is 0 Å². The molecule has 0 atom stereocenters. The van der Waals surface area contributed by atoms with Crippen molar-refractivity contribution in [3.63, 3.8) is 0 Å². The molecule has 0 spiro atoms. The fourth-order valence-electron chi connectivity index (χ4n) is 0.728. The van der Waals surface area contributed by atoms with Gasteiger partial charge >= 0.3 is 80.7 Å². The van der Waals surface area contributed by atoms with E-state index < -0.39 is 29.3 Å². The first kappa shape index (κ1) is 65.6. The van der Waals surface area contributed by atoms with E-state index >= 15 is 0 Å². The zero-order valence-corrected chi connectivity index (χ0v) is 10.2. The van der Waals surface area contributed by atoms with Gasteiger partial charge in [0.2, 0.25) is 0 Å². The van der Waals surface area contributed by atoms with E-state index in [1.54, 1.807) is 0 Å². The van der Waals surface area contributed by atoms with E-state index in [0.29, 0.717) is 0 Å². The number of fused-ring (bicyclic) bond motifs is 2. The van der Waals surface area contributed by atoms with Crippen LogP contribution in [0, 0.1) is 0 Å². The maximum atomic E-state index is 8.74. The average molecular weight is 378 g/mol. The molecule has 0 saturated carbocycles. The predicted octanol–water partition coefficient (Wildman–Crippen LogP) is -11.9. The Morgan fingerprint density at radius 2 is 0.591 bits per heavy atom. The van der Waals surface area contributed by atoms with Gasteiger partial charge in [-0.05, 0) is 0 Å². The summed E-state index contributed by atoms with van der Waals surface area (Å²) in [5, 5.41) is 17.5. The van der Waals surface area contributed by atoms with Crippen molar-refractivity contribution in [2.75, 3.05) is 0 Å². The summed E-state index contributed by atoms with van der Waals surface area (Å²) in [7, 11) is -5.20. The molecular weight excluding hydrogens is 354 g/mol. The van der Waals surface area contributed by atoms with Crippen LogP contribution in [0.25, 0.3) is 0 Å². The first-order valence-electron chi connectivity index (χ1n) is 2.87. The van der Waals surface area contributed by atoms with E-state index in [1.807, 2.05) is 0 Å². The van der Waals surface area contributed by atoms with Crippen molar-refractivity contribution >= 4 is 80.7 Å². The monoisotopic (exact) mass is 378 g/mol. The Morgan fingerprint density at radius 1 is 0.409 bits per heavy atom. The van der Waals surface area contributed by atoms with Crippen LogP contribution in [-0.2, 0) is 22.9 Å². The zero-order valence-electron chi connectivity index (χ0n) is 10.2. The van der Waals surface area contributed by atoms with Gasteiger partial charge in [0.1, 0.15) is 0 Å².